The number of H-pyrrole nitrogens is 1. The average Bonchev–Trinajstić information content (AvgIpc) is 2.87. The van der Waals surface area contributed by atoms with Crippen molar-refractivity contribution in [3.63, 3.8) is 0 Å². The van der Waals surface area contributed by atoms with Gasteiger partial charge in [0, 0.05) is 27.9 Å². The fraction of sp³-hybridized carbons (Fsp3) is 0.385. The van der Waals surface area contributed by atoms with E-state index in [2.05, 4.69) is 34.6 Å². The number of carbonyl (C=O) groups is 1. The highest BCUT2D eigenvalue weighted by Crippen LogP contribution is 2.16. The average molecular weight is 263 g/mol. The second-order valence-corrected chi connectivity index (χ2v) is 5.87. The van der Waals surface area contributed by atoms with Crippen LogP contribution in [0, 0.1) is 13.8 Å². The highest BCUT2D eigenvalue weighted by atomic mass is 32.1. The van der Waals surface area contributed by atoms with Gasteiger partial charge in [-0.05, 0) is 32.9 Å². The zero-order valence-corrected chi connectivity index (χ0v) is 11.6. The van der Waals surface area contributed by atoms with E-state index >= 15 is 0 Å². The van der Waals surface area contributed by atoms with Crippen molar-refractivity contribution in [3.05, 3.63) is 39.3 Å². The maximum Gasteiger partial charge on any atom is 0.254 e. The minimum Gasteiger partial charge on any atom is -0.349 e. The van der Waals surface area contributed by atoms with Crippen LogP contribution in [0.25, 0.3) is 0 Å². The minimum absolute atomic E-state index is 0.0676. The van der Waals surface area contributed by atoms with Gasteiger partial charge in [0.25, 0.3) is 5.91 Å². The van der Waals surface area contributed by atoms with Crippen molar-refractivity contribution < 1.29 is 4.79 Å². The molecule has 0 aliphatic carbocycles. The number of nitrogens with one attached hydrogen (secondary N) is 2. The summed E-state index contributed by atoms with van der Waals surface area (Å²) in [6, 6.07) is 4.34. The third-order valence-corrected chi connectivity index (χ3v) is 3.78. The van der Waals surface area contributed by atoms with E-state index in [1.54, 1.807) is 17.5 Å². The van der Waals surface area contributed by atoms with Crippen molar-refractivity contribution in [2.24, 2.45) is 0 Å². The lowest BCUT2D eigenvalue weighted by atomic mass is 10.2. The molecular formula is C13H17N3OS. The molecule has 5 heteroatoms. The second kappa shape index (κ2) is 5.35. The number of aromatic nitrogens is 2. The molecule has 1 amide bonds. The topological polar surface area (TPSA) is 57.8 Å². The van der Waals surface area contributed by atoms with Gasteiger partial charge in [0.2, 0.25) is 0 Å². The van der Waals surface area contributed by atoms with Crippen LogP contribution in [0.5, 0.6) is 0 Å². The van der Waals surface area contributed by atoms with E-state index in [1.165, 1.54) is 9.75 Å². The molecule has 0 aliphatic rings. The molecule has 0 bridgehead atoms. The molecule has 0 saturated heterocycles. The summed E-state index contributed by atoms with van der Waals surface area (Å²) in [5.74, 6) is -0.0676. The summed E-state index contributed by atoms with van der Waals surface area (Å²) in [6.07, 6.45) is 2.42. The lowest BCUT2D eigenvalue weighted by molar-refractivity contribution is 0.0939. The number of carbonyl (C=O) groups excluding carboxylic acids is 1. The molecule has 0 fully saturated rings. The Morgan fingerprint density at radius 2 is 2.28 bits per heavy atom. The molecular weight excluding hydrogens is 246 g/mol. The summed E-state index contributed by atoms with van der Waals surface area (Å²) in [5.41, 5.74) is 1.41. The maximum atomic E-state index is 12.0. The predicted molar refractivity (Wildman–Crippen MR) is 73.0 cm³/mol. The summed E-state index contributed by atoms with van der Waals surface area (Å²) < 4.78 is 0. The van der Waals surface area contributed by atoms with Gasteiger partial charge in [0.1, 0.15) is 0 Å². The van der Waals surface area contributed by atoms with E-state index < -0.39 is 0 Å². The van der Waals surface area contributed by atoms with E-state index in [0.717, 1.165) is 12.1 Å². The van der Waals surface area contributed by atoms with Crippen molar-refractivity contribution in [1.29, 1.82) is 0 Å². The van der Waals surface area contributed by atoms with Gasteiger partial charge in [-0.25, -0.2) is 0 Å². The van der Waals surface area contributed by atoms with E-state index in [9.17, 15) is 4.79 Å². The highest BCUT2D eigenvalue weighted by molar-refractivity contribution is 7.11. The van der Waals surface area contributed by atoms with Crippen molar-refractivity contribution in [2.75, 3.05) is 0 Å². The Balaban J connectivity index is 1.93. The van der Waals surface area contributed by atoms with Crippen LogP contribution >= 0.6 is 11.3 Å². The molecule has 1 atom stereocenters. The zero-order chi connectivity index (χ0) is 13.1. The van der Waals surface area contributed by atoms with Crippen LogP contribution < -0.4 is 5.32 Å². The summed E-state index contributed by atoms with van der Waals surface area (Å²) in [4.78, 5) is 14.6. The Morgan fingerprint density at radius 1 is 1.50 bits per heavy atom. The SMILES string of the molecule is Cc1ccc(CC(C)NC(=O)c2cn[nH]c2C)s1. The van der Waals surface area contributed by atoms with Crippen LogP contribution in [0.15, 0.2) is 18.3 Å². The first kappa shape index (κ1) is 12.8. The highest BCUT2D eigenvalue weighted by Gasteiger charge is 2.14. The van der Waals surface area contributed by atoms with Crippen LogP contribution in [0.3, 0.4) is 0 Å². The molecule has 1 unspecified atom stereocenters. The number of rotatable bonds is 4. The summed E-state index contributed by atoms with van der Waals surface area (Å²) >= 11 is 1.77. The molecule has 0 saturated carbocycles. The van der Waals surface area contributed by atoms with E-state index in [1.807, 2.05) is 13.8 Å². The molecule has 96 valence electrons. The molecule has 18 heavy (non-hydrogen) atoms. The first-order valence-electron chi connectivity index (χ1n) is 5.92. The Bertz CT molecular complexity index is 544. The van der Waals surface area contributed by atoms with Gasteiger partial charge in [-0.3, -0.25) is 9.89 Å². The quantitative estimate of drug-likeness (QED) is 0.890. The van der Waals surface area contributed by atoms with Gasteiger partial charge in [0.05, 0.1) is 11.8 Å². The van der Waals surface area contributed by atoms with Crippen LogP contribution in [-0.4, -0.2) is 22.1 Å². The zero-order valence-electron chi connectivity index (χ0n) is 10.8. The Hall–Kier alpha value is -1.62. The van der Waals surface area contributed by atoms with Gasteiger partial charge in [-0.15, -0.1) is 11.3 Å². The maximum absolute atomic E-state index is 12.0. The van der Waals surface area contributed by atoms with Gasteiger partial charge in [-0.2, -0.15) is 5.10 Å². The summed E-state index contributed by atoms with van der Waals surface area (Å²) in [6.45, 7) is 5.95. The van der Waals surface area contributed by atoms with Gasteiger partial charge in [-0.1, -0.05) is 0 Å². The molecule has 0 radical (unpaired) electrons. The van der Waals surface area contributed by atoms with Crippen molar-refractivity contribution in [1.82, 2.24) is 15.5 Å². The Morgan fingerprint density at radius 3 is 2.83 bits per heavy atom. The minimum atomic E-state index is -0.0676. The number of hydrogen-bond donors (Lipinski definition) is 2. The monoisotopic (exact) mass is 263 g/mol. The Kier molecular flexibility index (Phi) is 3.81. The first-order chi connectivity index (χ1) is 8.56. The first-order valence-corrected chi connectivity index (χ1v) is 6.74. The molecule has 0 spiro atoms. The standard InChI is InChI=1S/C13H17N3OS/c1-8(6-11-5-4-9(2)18-11)15-13(17)12-7-14-16-10(12)3/h4-5,7-8H,6H2,1-3H3,(H,14,16)(H,15,17). The van der Waals surface area contributed by atoms with Crippen LogP contribution in [0.1, 0.15) is 32.7 Å². The number of aromatic amines is 1. The number of amides is 1. The molecule has 2 aromatic rings. The summed E-state index contributed by atoms with van der Waals surface area (Å²) in [7, 11) is 0. The largest absolute Gasteiger partial charge is 0.349 e. The number of hydrogen-bond acceptors (Lipinski definition) is 3. The van der Waals surface area contributed by atoms with E-state index in [-0.39, 0.29) is 11.9 Å². The van der Waals surface area contributed by atoms with Crippen LogP contribution in [0.2, 0.25) is 0 Å². The molecule has 4 nitrogen and oxygen atoms in total. The van der Waals surface area contributed by atoms with Gasteiger partial charge >= 0.3 is 0 Å². The van der Waals surface area contributed by atoms with E-state index in [4.69, 9.17) is 0 Å². The molecule has 0 aromatic carbocycles. The lowest BCUT2D eigenvalue weighted by Gasteiger charge is -2.12. The molecule has 2 N–H and O–H groups in total. The van der Waals surface area contributed by atoms with Crippen molar-refractivity contribution in [3.8, 4) is 0 Å². The molecule has 2 heterocycles. The lowest BCUT2D eigenvalue weighted by Crippen LogP contribution is -2.34. The van der Waals surface area contributed by atoms with Gasteiger partial charge in [0.15, 0.2) is 0 Å². The fourth-order valence-electron chi connectivity index (χ4n) is 1.83. The molecule has 2 aromatic heterocycles. The van der Waals surface area contributed by atoms with Crippen molar-refractivity contribution >= 4 is 17.2 Å². The van der Waals surface area contributed by atoms with Crippen LogP contribution in [-0.2, 0) is 6.42 Å². The summed E-state index contributed by atoms with van der Waals surface area (Å²) in [5, 5.41) is 9.61. The number of nitrogens with zero attached hydrogens (tertiary/aromatic N) is 1. The van der Waals surface area contributed by atoms with Gasteiger partial charge < -0.3 is 5.32 Å². The smallest absolute Gasteiger partial charge is 0.254 e. The van der Waals surface area contributed by atoms with Crippen molar-refractivity contribution in [2.45, 2.75) is 33.2 Å². The van der Waals surface area contributed by atoms with E-state index in [0.29, 0.717) is 5.56 Å². The normalized spacial score (nSPS) is 12.4. The number of thiophene rings is 1. The molecule has 0 aliphatic heterocycles. The third-order valence-electron chi connectivity index (χ3n) is 2.76. The third kappa shape index (κ3) is 2.98. The predicted octanol–water partition coefficient (Wildman–Crippen LogP) is 2.45. The number of aryl methyl sites for hydroxylation is 2. The molecule has 2 rings (SSSR count). The second-order valence-electron chi connectivity index (χ2n) is 4.50. The van der Waals surface area contributed by atoms with Crippen LogP contribution in [0.4, 0.5) is 0 Å². The Labute approximate surface area is 110 Å². The fourth-order valence-corrected chi connectivity index (χ4v) is 2.85.